The molecule has 0 aromatic carbocycles. The maximum absolute atomic E-state index is 11.6. The zero-order valence-electron chi connectivity index (χ0n) is 7.30. The Kier molecular flexibility index (Phi) is 5.26. The molecule has 0 saturated heterocycles. The fraction of sp³-hybridized carbons (Fsp3) is 0.571. The van der Waals surface area contributed by atoms with Crippen molar-refractivity contribution in [3.05, 3.63) is 12.2 Å². The van der Waals surface area contributed by atoms with Crippen molar-refractivity contribution in [2.45, 2.75) is 19.7 Å². The fourth-order valence-corrected chi connectivity index (χ4v) is 0.650. The number of hydrogen-bond donors (Lipinski definition) is 0. The Morgan fingerprint density at radius 1 is 1.38 bits per heavy atom. The second kappa shape index (κ2) is 5.67. The van der Waals surface area contributed by atoms with Crippen LogP contribution in [0.5, 0.6) is 0 Å². The predicted octanol–water partition coefficient (Wildman–Crippen LogP) is 2.34. The molecule has 0 aliphatic heterocycles. The summed E-state index contributed by atoms with van der Waals surface area (Å²) < 4.78 is 39.4. The first-order chi connectivity index (χ1) is 5.95. The molecule has 0 fully saturated rings. The third kappa shape index (κ3) is 8.98. The monoisotopic (exact) mass is 195 g/mol. The minimum atomic E-state index is -4.78. The van der Waals surface area contributed by atoms with E-state index in [9.17, 15) is 17.7 Å². The Hall–Kier alpha value is -0.935. The summed E-state index contributed by atoms with van der Waals surface area (Å²) in [4.78, 5) is 10.6. The van der Waals surface area contributed by atoms with Gasteiger partial charge in [0, 0.05) is 0 Å². The van der Waals surface area contributed by atoms with E-state index in [-0.39, 0.29) is 13.0 Å². The zero-order chi connectivity index (χ0) is 10.3. The summed E-state index contributed by atoms with van der Waals surface area (Å²) in [6.07, 6.45) is 1.07. The molecule has 0 aromatic heterocycles. The van der Waals surface area contributed by atoms with Crippen LogP contribution in [0.2, 0.25) is 6.32 Å². The van der Waals surface area contributed by atoms with Gasteiger partial charge in [-0.3, -0.25) is 4.79 Å². The molecule has 0 aliphatic carbocycles. The lowest BCUT2D eigenvalue weighted by Crippen LogP contribution is -2.12. The first kappa shape index (κ1) is 12.1. The maximum atomic E-state index is 11.6. The average molecular weight is 195 g/mol. The Balaban J connectivity index is 3.58. The number of carbonyl (C=O) groups is 1. The van der Waals surface area contributed by atoms with Crippen molar-refractivity contribution in [2.24, 2.45) is 0 Å². The lowest BCUT2D eigenvalue weighted by molar-refractivity contribution is -0.142. The van der Waals surface area contributed by atoms with Crippen LogP contribution >= 0.6 is 0 Å². The molecule has 0 unspecified atom stereocenters. The second-order valence-corrected chi connectivity index (χ2v) is 2.43. The van der Waals surface area contributed by atoms with Crippen LogP contribution < -0.4 is 0 Å². The van der Waals surface area contributed by atoms with Gasteiger partial charge in [-0.05, 0) is 6.92 Å². The minimum absolute atomic E-state index is 0.0972. The highest BCUT2D eigenvalue weighted by Crippen LogP contribution is 2.14. The Labute approximate surface area is 74.8 Å². The highest BCUT2D eigenvalue weighted by atomic mass is 19.4. The SMILES string of the molecule is CCOC(=O)C/C=C/C[B-](F)(F)F. The summed E-state index contributed by atoms with van der Waals surface area (Å²) in [6.45, 7) is -2.90. The van der Waals surface area contributed by atoms with E-state index in [1.54, 1.807) is 6.92 Å². The molecule has 0 bridgehead atoms. The summed E-state index contributed by atoms with van der Waals surface area (Å²) >= 11 is 0. The molecule has 0 spiro atoms. The van der Waals surface area contributed by atoms with Crippen molar-refractivity contribution in [3.8, 4) is 0 Å². The van der Waals surface area contributed by atoms with Crippen LogP contribution in [0.1, 0.15) is 13.3 Å². The van der Waals surface area contributed by atoms with Crippen molar-refractivity contribution >= 4 is 12.9 Å². The van der Waals surface area contributed by atoms with Gasteiger partial charge < -0.3 is 17.7 Å². The molecule has 0 heterocycles. The number of halogens is 3. The molecule has 0 N–H and O–H groups in total. The van der Waals surface area contributed by atoms with Crippen LogP contribution in [0.3, 0.4) is 0 Å². The smallest absolute Gasteiger partial charge is 0.466 e. The van der Waals surface area contributed by atoms with Crippen LogP contribution in [-0.2, 0) is 9.53 Å². The first-order valence-corrected chi connectivity index (χ1v) is 3.97. The van der Waals surface area contributed by atoms with E-state index in [2.05, 4.69) is 4.74 Å². The van der Waals surface area contributed by atoms with Crippen molar-refractivity contribution in [3.63, 3.8) is 0 Å². The van der Waals surface area contributed by atoms with E-state index in [0.717, 1.165) is 6.08 Å². The molecule has 0 aliphatic rings. The predicted molar refractivity (Wildman–Crippen MR) is 44.3 cm³/mol. The van der Waals surface area contributed by atoms with Gasteiger partial charge in [0.1, 0.15) is 0 Å². The van der Waals surface area contributed by atoms with E-state index < -0.39 is 19.3 Å². The number of allylic oxidation sites excluding steroid dienone is 1. The van der Waals surface area contributed by atoms with Crippen LogP contribution in [0.15, 0.2) is 12.2 Å². The lowest BCUT2D eigenvalue weighted by atomic mass is 9.86. The molecule has 0 rings (SSSR count). The molecule has 2 nitrogen and oxygen atoms in total. The lowest BCUT2D eigenvalue weighted by Gasteiger charge is -2.08. The standard InChI is InChI=1S/C7H11BF3O2/c1-2-13-7(12)5-3-4-6-8(9,10)11/h3-4H,2,5-6H2,1H3/q-1/b4-3+. The molecule has 0 radical (unpaired) electrons. The van der Waals surface area contributed by atoms with Crippen LogP contribution in [0.4, 0.5) is 12.9 Å². The van der Waals surface area contributed by atoms with Gasteiger partial charge in [-0.2, -0.15) is 0 Å². The second-order valence-electron chi connectivity index (χ2n) is 2.43. The molecule has 0 saturated carbocycles. The molecular formula is C7H11BF3O2-. The number of carbonyl (C=O) groups excluding carboxylic acids is 1. The van der Waals surface area contributed by atoms with Gasteiger partial charge in [0.15, 0.2) is 0 Å². The summed E-state index contributed by atoms with van der Waals surface area (Å²) in [5, 5.41) is 0. The Morgan fingerprint density at radius 2 is 2.00 bits per heavy atom. The largest absolute Gasteiger partial charge is 0.482 e. The first-order valence-electron chi connectivity index (χ1n) is 3.97. The molecule has 0 amide bonds. The van der Waals surface area contributed by atoms with E-state index in [1.165, 1.54) is 6.08 Å². The van der Waals surface area contributed by atoms with Gasteiger partial charge in [0.25, 0.3) is 0 Å². The van der Waals surface area contributed by atoms with E-state index in [4.69, 9.17) is 0 Å². The van der Waals surface area contributed by atoms with Crippen LogP contribution in [-0.4, -0.2) is 19.6 Å². The van der Waals surface area contributed by atoms with E-state index >= 15 is 0 Å². The maximum Gasteiger partial charge on any atom is 0.482 e. The van der Waals surface area contributed by atoms with Crippen molar-refractivity contribution in [1.82, 2.24) is 0 Å². The fourth-order valence-electron chi connectivity index (χ4n) is 0.650. The normalized spacial score (nSPS) is 12.0. The highest BCUT2D eigenvalue weighted by Gasteiger charge is 2.19. The zero-order valence-corrected chi connectivity index (χ0v) is 7.30. The van der Waals surface area contributed by atoms with Crippen LogP contribution in [0, 0.1) is 0 Å². The third-order valence-corrected chi connectivity index (χ3v) is 1.16. The van der Waals surface area contributed by atoms with Crippen LogP contribution in [0.25, 0.3) is 0 Å². The van der Waals surface area contributed by atoms with Crippen molar-refractivity contribution < 1.29 is 22.5 Å². The summed E-state index contributed by atoms with van der Waals surface area (Å²) in [6, 6.07) is 0. The minimum Gasteiger partial charge on any atom is -0.466 e. The van der Waals surface area contributed by atoms with Gasteiger partial charge in [0.05, 0.1) is 13.0 Å². The number of rotatable bonds is 5. The molecule has 6 heteroatoms. The highest BCUT2D eigenvalue weighted by molar-refractivity contribution is 6.58. The van der Waals surface area contributed by atoms with Gasteiger partial charge in [-0.15, -0.1) is 6.08 Å². The van der Waals surface area contributed by atoms with Gasteiger partial charge in [0.2, 0.25) is 0 Å². The van der Waals surface area contributed by atoms with Gasteiger partial charge in [-0.1, -0.05) is 12.4 Å². The average Bonchev–Trinajstić information content (AvgIpc) is 1.97. The summed E-state index contributed by atoms with van der Waals surface area (Å²) in [5.41, 5.74) is 0. The molecule has 13 heavy (non-hydrogen) atoms. The van der Waals surface area contributed by atoms with E-state index in [0.29, 0.717) is 0 Å². The molecule has 0 aromatic rings. The van der Waals surface area contributed by atoms with Gasteiger partial charge >= 0.3 is 12.9 Å². The van der Waals surface area contributed by atoms with E-state index in [1.807, 2.05) is 0 Å². The number of esters is 1. The molecule has 76 valence electrons. The van der Waals surface area contributed by atoms with Crippen molar-refractivity contribution in [1.29, 1.82) is 0 Å². The summed E-state index contributed by atoms with van der Waals surface area (Å²) in [5.74, 6) is -0.506. The Bertz CT molecular complexity index is 189. The molecule has 0 atom stereocenters. The number of ether oxygens (including phenoxy) is 1. The number of hydrogen-bond acceptors (Lipinski definition) is 2. The summed E-state index contributed by atoms with van der Waals surface area (Å²) in [7, 11) is 0. The van der Waals surface area contributed by atoms with Crippen molar-refractivity contribution in [2.75, 3.05) is 6.61 Å². The topological polar surface area (TPSA) is 26.3 Å². The Morgan fingerprint density at radius 3 is 2.46 bits per heavy atom. The third-order valence-electron chi connectivity index (χ3n) is 1.16. The molecular weight excluding hydrogens is 184 g/mol. The van der Waals surface area contributed by atoms with Gasteiger partial charge in [-0.25, -0.2) is 0 Å². The quantitative estimate of drug-likeness (QED) is 0.382.